The quantitative estimate of drug-likeness (QED) is 0.581. The van der Waals surface area contributed by atoms with E-state index in [4.69, 9.17) is 9.79 Å². The van der Waals surface area contributed by atoms with Gasteiger partial charge in [-0.15, -0.1) is 5.10 Å². The van der Waals surface area contributed by atoms with Crippen molar-refractivity contribution in [1.82, 2.24) is 24.5 Å². The molecular formula is C9H12N5O5P. The van der Waals surface area contributed by atoms with Gasteiger partial charge in [-0.2, -0.15) is 0 Å². The first-order valence-corrected chi connectivity index (χ1v) is 7.42. The lowest BCUT2D eigenvalue weighted by Crippen LogP contribution is -2.27. The molecule has 3 N–H and O–H groups in total. The molecule has 0 aliphatic rings. The van der Waals surface area contributed by atoms with Crippen LogP contribution in [0.4, 0.5) is 0 Å². The molecule has 108 valence electrons. The zero-order valence-electron chi connectivity index (χ0n) is 10.2. The molecule has 0 aliphatic carbocycles. The summed E-state index contributed by atoms with van der Waals surface area (Å²) < 4.78 is 13.2. The molecule has 2 aromatic heterocycles. The van der Waals surface area contributed by atoms with Crippen molar-refractivity contribution < 1.29 is 14.4 Å². The number of hydrogen-bond acceptors (Lipinski definition) is 5. The van der Waals surface area contributed by atoms with Crippen molar-refractivity contribution in [3.63, 3.8) is 0 Å². The fourth-order valence-corrected chi connectivity index (χ4v) is 2.10. The van der Waals surface area contributed by atoms with Crippen LogP contribution in [-0.2, 0) is 11.1 Å². The Balaban J connectivity index is 2.11. The minimum atomic E-state index is -4.02. The van der Waals surface area contributed by atoms with Gasteiger partial charge in [0.1, 0.15) is 0 Å². The van der Waals surface area contributed by atoms with Crippen molar-refractivity contribution >= 4 is 7.60 Å². The third-order valence-corrected chi connectivity index (χ3v) is 3.33. The van der Waals surface area contributed by atoms with Crippen LogP contribution in [0.3, 0.4) is 0 Å². The molecule has 2 aromatic rings. The third kappa shape index (κ3) is 3.73. The van der Waals surface area contributed by atoms with Crippen molar-refractivity contribution in [3.8, 4) is 5.82 Å². The third-order valence-electron chi connectivity index (χ3n) is 2.43. The van der Waals surface area contributed by atoms with Crippen molar-refractivity contribution in [2.45, 2.75) is 13.0 Å². The van der Waals surface area contributed by atoms with E-state index >= 15 is 0 Å². The molecular weight excluding hydrogens is 289 g/mol. The average molecular weight is 301 g/mol. The van der Waals surface area contributed by atoms with Crippen LogP contribution >= 0.6 is 7.60 Å². The molecule has 0 aromatic carbocycles. The summed E-state index contributed by atoms with van der Waals surface area (Å²) in [6.45, 7) is 0.260. The highest BCUT2D eigenvalue weighted by atomic mass is 31.2. The van der Waals surface area contributed by atoms with Gasteiger partial charge in [0.05, 0.1) is 12.4 Å². The second kappa shape index (κ2) is 5.53. The van der Waals surface area contributed by atoms with Gasteiger partial charge in [-0.25, -0.2) is 4.79 Å². The van der Waals surface area contributed by atoms with Crippen molar-refractivity contribution in [2.24, 2.45) is 0 Å². The van der Waals surface area contributed by atoms with E-state index in [-0.39, 0.29) is 24.9 Å². The van der Waals surface area contributed by atoms with Gasteiger partial charge in [0.15, 0.2) is 5.82 Å². The maximum atomic E-state index is 11.5. The number of hydrogen-bond donors (Lipinski definition) is 3. The molecule has 20 heavy (non-hydrogen) atoms. The predicted octanol–water partition coefficient (Wildman–Crippen LogP) is -1.31. The molecule has 0 spiro atoms. The van der Waals surface area contributed by atoms with E-state index in [1.165, 1.54) is 23.1 Å². The summed E-state index contributed by atoms with van der Waals surface area (Å²) in [5.41, 5.74) is -1.15. The molecule has 2 rings (SSSR count). The van der Waals surface area contributed by atoms with E-state index in [1.54, 1.807) is 0 Å². The van der Waals surface area contributed by atoms with Crippen LogP contribution < -0.4 is 11.2 Å². The molecule has 0 bridgehead atoms. The van der Waals surface area contributed by atoms with E-state index in [0.29, 0.717) is 0 Å². The highest BCUT2D eigenvalue weighted by Gasteiger charge is 2.12. The molecule has 11 heteroatoms. The predicted molar refractivity (Wildman–Crippen MR) is 67.8 cm³/mol. The Hall–Kier alpha value is -2.03. The van der Waals surface area contributed by atoms with Crippen molar-refractivity contribution in [2.75, 3.05) is 6.16 Å². The van der Waals surface area contributed by atoms with E-state index in [2.05, 4.69) is 15.3 Å². The molecule has 10 nitrogen and oxygen atoms in total. The normalized spacial score (nSPS) is 11.7. The topological polar surface area (TPSA) is 143 Å². The molecule has 0 saturated heterocycles. The van der Waals surface area contributed by atoms with Crippen LogP contribution in [0.5, 0.6) is 0 Å². The van der Waals surface area contributed by atoms with E-state index in [1.807, 2.05) is 0 Å². The Kier molecular flexibility index (Phi) is 3.98. The van der Waals surface area contributed by atoms with Gasteiger partial charge in [-0.3, -0.25) is 23.6 Å². The summed E-state index contributed by atoms with van der Waals surface area (Å²) in [6, 6.07) is 1.17. The van der Waals surface area contributed by atoms with Gasteiger partial charge < -0.3 is 9.79 Å². The van der Waals surface area contributed by atoms with Crippen LogP contribution in [0.15, 0.2) is 28.0 Å². The summed E-state index contributed by atoms with van der Waals surface area (Å²) in [7, 11) is -4.02. The number of aromatic nitrogens is 5. The Morgan fingerprint density at radius 1 is 1.35 bits per heavy atom. The van der Waals surface area contributed by atoms with Crippen molar-refractivity contribution in [1.29, 1.82) is 0 Å². The maximum Gasteiger partial charge on any atom is 0.334 e. The van der Waals surface area contributed by atoms with Gasteiger partial charge >= 0.3 is 13.3 Å². The Labute approximate surface area is 111 Å². The van der Waals surface area contributed by atoms with Crippen molar-refractivity contribution in [3.05, 3.63) is 39.3 Å². The van der Waals surface area contributed by atoms with Gasteiger partial charge in [-0.05, 0) is 6.42 Å². The second-order valence-corrected chi connectivity index (χ2v) is 5.84. The standard InChI is InChI=1S/C9H12N5O5P/c15-8-2-4-14(9(16)10-8)7-6-13(12-11-7)3-1-5-20(17,18)19/h2,4,6H,1,3,5H2,(H,10,15,16)(H2,17,18,19). The first-order chi connectivity index (χ1) is 9.35. The SMILES string of the molecule is O=c1ccn(-c2cn(CCCP(=O)(O)O)nn2)c(=O)[nH]1. The summed E-state index contributed by atoms with van der Waals surface area (Å²) in [5, 5.41) is 7.49. The molecule has 0 radical (unpaired) electrons. The number of H-pyrrole nitrogens is 1. The van der Waals surface area contributed by atoms with E-state index in [0.717, 1.165) is 4.57 Å². The van der Waals surface area contributed by atoms with Crippen LogP contribution in [0.25, 0.3) is 5.82 Å². The summed E-state index contributed by atoms with van der Waals surface area (Å²) in [6.07, 6.45) is 2.69. The Bertz CT molecular complexity index is 756. The fourth-order valence-electron chi connectivity index (χ4n) is 1.54. The van der Waals surface area contributed by atoms with Gasteiger partial charge in [0.25, 0.3) is 5.56 Å². The lowest BCUT2D eigenvalue weighted by atomic mass is 10.5. The number of nitrogens with one attached hydrogen (secondary N) is 1. The van der Waals surface area contributed by atoms with Crippen LogP contribution in [-0.4, -0.2) is 40.5 Å². The van der Waals surface area contributed by atoms with E-state index in [9.17, 15) is 14.2 Å². The highest BCUT2D eigenvalue weighted by Crippen LogP contribution is 2.34. The second-order valence-electron chi connectivity index (χ2n) is 4.06. The van der Waals surface area contributed by atoms with Crippen LogP contribution in [0, 0.1) is 0 Å². The molecule has 0 atom stereocenters. The van der Waals surface area contributed by atoms with E-state index < -0.39 is 18.8 Å². The van der Waals surface area contributed by atoms with Gasteiger partial charge in [0, 0.05) is 18.8 Å². The fraction of sp³-hybridized carbons (Fsp3) is 0.333. The largest absolute Gasteiger partial charge is 0.334 e. The highest BCUT2D eigenvalue weighted by molar-refractivity contribution is 7.51. The zero-order chi connectivity index (χ0) is 14.8. The molecule has 0 aliphatic heterocycles. The number of aromatic amines is 1. The van der Waals surface area contributed by atoms with Crippen LogP contribution in [0.2, 0.25) is 0 Å². The van der Waals surface area contributed by atoms with Crippen LogP contribution in [0.1, 0.15) is 6.42 Å². The Morgan fingerprint density at radius 3 is 2.75 bits per heavy atom. The lowest BCUT2D eigenvalue weighted by Gasteiger charge is -2.02. The maximum absolute atomic E-state index is 11.5. The molecule has 0 amide bonds. The summed E-state index contributed by atoms with van der Waals surface area (Å²) in [4.78, 5) is 42.0. The average Bonchev–Trinajstić information content (AvgIpc) is 2.75. The smallest absolute Gasteiger partial charge is 0.324 e. The number of nitrogens with zero attached hydrogens (tertiary/aromatic N) is 4. The molecule has 2 heterocycles. The number of aryl methyl sites for hydroxylation is 1. The molecule has 0 fully saturated rings. The minimum Gasteiger partial charge on any atom is -0.324 e. The number of rotatable bonds is 5. The minimum absolute atomic E-state index is 0.211. The summed E-state index contributed by atoms with van der Waals surface area (Å²) >= 11 is 0. The lowest BCUT2D eigenvalue weighted by molar-refractivity contribution is 0.369. The zero-order valence-corrected chi connectivity index (χ0v) is 11.1. The first kappa shape index (κ1) is 14.4. The monoisotopic (exact) mass is 301 g/mol. The Morgan fingerprint density at radius 2 is 2.10 bits per heavy atom. The van der Waals surface area contributed by atoms with Gasteiger partial charge in [0.2, 0.25) is 0 Å². The first-order valence-electron chi connectivity index (χ1n) is 5.62. The van der Waals surface area contributed by atoms with Gasteiger partial charge in [-0.1, -0.05) is 5.21 Å². The summed E-state index contributed by atoms with van der Waals surface area (Å²) in [5.74, 6) is 0.211. The molecule has 0 unspecified atom stereocenters. The molecule has 0 saturated carbocycles.